The van der Waals surface area contributed by atoms with Gasteiger partial charge in [-0.3, -0.25) is 14.7 Å². The number of likely N-dealkylation sites (tertiary alicyclic amines) is 2. The molecule has 2 aromatic rings. The van der Waals surface area contributed by atoms with Gasteiger partial charge in [0, 0.05) is 49.9 Å². The maximum absolute atomic E-state index is 11.9. The van der Waals surface area contributed by atoms with E-state index >= 15 is 0 Å². The predicted molar refractivity (Wildman–Crippen MR) is 104 cm³/mol. The van der Waals surface area contributed by atoms with Gasteiger partial charge in [0.15, 0.2) is 0 Å². The average Bonchev–Trinajstić information content (AvgIpc) is 3.02. The molecule has 5 heteroatoms. The second-order valence-corrected chi connectivity index (χ2v) is 8.18. The number of amides is 1. The summed E-state index contributed by atoms with van der Waals surface area (Å²) in [4.78, 5) is 24.8. The highest BCUT2D eigenvalue weighted by Gasteiger charge is 2.28. The molecule has 0 aromatic carbocycles. The van der Waals surface area contributed by atoms with E-state index in [4.69, 9.17) is 4.98 Å². The topological polar surface area (TPSA) is 52.2 Å². The van der Waals surface area contributed by atoms with E-state index in [1.807, 2.05) is 17.2 Å². The first-order chi connectivity index (χ1) is 12.6. The summed E-state index contributed by atoms with van der Waals surface area (Å²) in [7, 11) is 0. The summed E-state index contributed by atoms with van der Waals surface area (Å²) >= 11 is 0. The fourth-order valence-corrected chi connectivity index (χ4v) is 4.55. The lowest BCUT2D eigenvalue weighted by molar-refractivity contribution is -0.130. The Morgan fingerprint density at radius 3 is 2.85 bits per heavy atom. The van der Waals surface area contributed by atoms with Crippen LogP contribution in [0, 0.1) is 5.92 Å². The molecule has 1 N–H and O–H groups in total. The van der Waals surface area contributed by atoms with Gasteiger partial charge in [-0.2, -0.15) is 0 Å². The van der Waals surface area contributed by atoms with Gasteiger partial charge in [0.25, 0.3) is 0 Å². The van der Waals surface area contributed by atoms with Crippen molar-refractivity contribution in [1.82, 2.24) is 19.8 Å². The number of nitrogens with zero attached hydrogens (tertiary/aromatic N) is 3. The number of fused-ring (bicyclic) bond motifs is 1. The quantitative estimate of drug-likeness (QED) is 0.917. The minimum atomic E-state index is 0.190. The van der Waals surface area contributed by atoms with Crippen LogP contribution >= 0.6 is 0 Å². The van der Waals surface area contributed by atoms with Crippen molar-refractivity contribution in [2.45, 2.75) is 52.0 Å². The van der Waals surface area contributed by atoms with Crippen molar-refractivity contribution >= 4 is 16.9 Å². The fourth-order valence-electron chi connectivity index (χ4n) is 4.55. The third kappa shape index (κ3) is 3.50. The van der Waals surface area contributed by atoms with E-state index in [1.54, 1.807) is 6.92 Å². The van der Waals surface area contributed by atoms with Gasteiger partial charge < -0.3 is 9.88 Å². The van der Waals surface area contributed by atoms with Crippen LogP contribution in [-0.4, -0.2) is 51.9 Å². The summed E-state index contributed by atoms with van der Waals surface area (Å²) in [6, 6.07) is 4.12. The van der Waals surface area contributed by atoms with Crippen molar-refractivity contribution in [2.75, 3.05) is 26.2 Å². The molecule has 0 saturated carbocycles. The third-order valence-corrected chi connectivity index (χ3v) is 6.22. The lowest BCUT2D eigenvalue weighted by atomic mass is 9.91. The number of pyridine rings is 1. The fraction of sp³-hybridized carbons (Fsp3) is 0.619. The van der Waals surface area contributed by atoms with Crippen LogP contribution in [0.1, 0.15) is 56.7 Å². The second-order valence-electron chi connectivity index (χ2n) is 8.18. The molecule has 0 radical (unpaired) electrons. The van der Waals surface area contributed by atoms with Crippen molar-refractivity contribution in [3.8, 4) is 0 Å². The Kier molecular flexibility index (Phi) is 4.98. The Balaban J connectivity index is 1.64. The first kappa shape index (κ1) is 17.5. The Morgan fingerprint density at radius 1 is 1.27 bits per heavy atom. The number of hydrogen-bond acceptors (Lipinski definition) is 3. The van der Waals surface area contributed by atoms with Crippen LogP contribution in [0.15, 0.2) is 18.3 Å². The molecular weight excluding hydrogens is 324 g/mol. The van der Waals surface area contributed by atoms with Gasteiger partial charge in [0.1, 0.15) is 0 Å². The van der Waals surface area contributed by atoms with Crippen molar-refractivity contribution in [3.05, 3.63) is 29.6 Å². The molecule has 2 aliphatic rings. The molecular formula is C21H30N4O. The van der Waals surface area contributed by atoms with Crippen molar-refractivity contribution in [2.24, 2.45) is 5.92 Å². The summed E-state index contributed by atoms with van der Waals surface area (Å²) < 4.78 is 0. The molecule has 1 amide bonds. The highest BCUT2D eigenvalue weighted by atomic mass is 16.2. The summed E-state index contributed by atoms with van der Waals surface area (Å²) in [5, 5.41) is 0. The molecule has 4 heterocycles. The van der Waals surface area contributed by atoms with Crippen LogP contribution in [-0.2, 0) is 11.3 Å². The lowest BCUT2D eigenvalue weighted by Gasteiger charge is -2.33. The van der Waals surface area contributed by atoms with E-state index < -0.39 is 0 Å². The highest BCUT2D eigenvalue weighted by molar-refractivity contribution is 5.80. The van der Waals surface area contributed by atoms with Gasteiger partial charge in [-0.05, 0) is 56.8 Å². The summed E-state index contributed by atoms with van der Waals surface area (Å²) in [5.74, 6) is 1.42. The minimum Gasteiger partial charge on any atom is -0.357 e. The first-order valence-corrected chi connectivity index (χ1v) is 10.0. The van der Waals surface area contributed by atoms with E-state index in [2.05, 4.69) is 22.9 Å². The number of hydrogen-bond donors (Lipinski definition) is 1. The number of piperidine rings is 2. The zero-order valence-corrected chi connectivity index (χ0v) is 16.0. The molecule has 0 spiro atoms. The van der Waals surface area contributed by atoms with E-state index in [1.165, 1.54) is 37.2 Å². The molecule has 2 fully saturated rings. The van der Waals surface area contributed by atoms with Gasteiger partial charge in [-0.1, -0.05) is 6.92 Å². The number of H-pyrrole nitrogens is 1. The van der Waals surface area contributed by atoms with Gasteiger partial charge >= 0.3 is 0 Å². The summed E-state index contributed by atoms with van der Waals surface area (Å²) in [5.41, 5.74) is 4.90. The van der Waals surface area contributed by atoms with E-state index in [0.29, 0.717) is 5.92 Å². The molecule has 26 heavy (non-hydrogen) atoms. The minimum absolute atomic E-state index is 0.190. The molecule has 1 atom stereocenters. The molecule has 0 unspecified atom stereocenters. The highest BCUT2D eigenvalue weighted by Crippen LogP contribution is 2.33. The number of nitrogens with one attached hydrogen (secondary N) is 1. The maximum atomic E-state index is 11.9. The van der Waals surface area contributed by atoms with E-state index in [0.717, 1.165) is 49.4 Å². The average molecular weight is 354 g/mol. The third-order valence-electron chi connectivity index (χ3n) is 6.22. The first-order valence-electron chi connectivity index (χ1n) is 10.0. The Hall–Kier alpha value is -1.88. The molecule has 2 aromatic heterocycles. The Labute approximate surface area is 155 Å². The van der Waals surface area contributed by atoms with E-state index in [9.17, 15) is 4.79 Å². The molecule has 0 bridgehead atoms. The SMILES string of the molecule is CC(=O)N1CCC[C@@H](c2[nH]c3cccnc3c2CN2CCC(C)CC2)C1. The van der Waals surface area contributed by atoms with Crippen LogP contribution in [0.5, 0.6) is 0 Å². The summed E-state index contributed by atoms with van der Waals surface area (Å²) in [6.07, 6.45) is 6.68. The van der Waals surface area contributed by atoms with Crippen LogP contribution in [0.3, 0.4) is 0 Å². The van der Waals surface area contributed by atoms with Gasteiger partial charge in [0.05, 0.1) is 11.0 Å². The molecule has 4 rings (SSSR count). The monoisotopic (exact) mass is 354 g/mol. The largest absolute Gasteiger partial charge is 0.357 e. The van der Waals surface area contributed by atoms with Crippen molar-refractivity contribution < 1.29 is 4.79 Å². The predicted octanol–water partition coefficient (Wildman–Crippen LogP) is 3.52. The van der Waals surface area contributed by atoms with Gasteiger partial charge in [-0.25, -0.2) is 0 Å². The van der Waals surface area contributed by atoms with Crippen LogP contribution in [0.2, 0.25) is 0 Å². The summed E-state index contributed by atoms with van der Waals surface area (Å²) in [6.45, 7) is 9.07. The number of rotatable bonds is 3. The van der Waals surface area contributed by atoms with Crippen molar-refractivity contribution in [3.63, 3.8) is 0 Å². The standard InChI is InChI=1S/C21H30N4O/c1-15-7-11-24(12-8-15)14-18-20(23-19-6-3-9-22-21(18)19)17-5-4-10-25(13-17)16(2)26/h3,6,9,15,17,23H,4-5,7-8,10-14H2,1-2H3/t17-/m1/s1. The van der Waals surface area contributed by atoms with Crippen LogP contribution in [0.4, 0.5) is 0 Å². The number of carbonyl (C=O) groups excluding carboxylic acids is 1. The normalized spacial score (nSPS) is 22.8. The Morgan fingerprint density at radius 2 is 2.08 bits per heavy atom. The lowest BCUT2D eigenvalue weighted by Crippen LogP contribution is -2.38. The van der Waals surface area contributed by atoms with Crippen LogP contribution < -0.4 is 0 Å². The molecule has 140 valence electrons. The number of aromatic amines is 1. The molecule has 0 aliphatic carbocycles. The van der Waals surface area contributed by atoms with Gasteiger partial charge in [-0.15, -0.1) is 0 Å². The van der Waals surface area contributed by atoms with Crippen molar-refractivity contribution in [1.29, 1.82) is 0 Å². The molecule has 5 nitrogen and oxygen atoms in total. The van der Waals surface area contributed by atoms with Crippen LogP contribution in [0.25, 0.3) is 11.0 Å². The van der Waals surface area contributed by atoms with E-state index in [-0.39, 0.29) is 5.91 Å². The number of carbonyl (C=O) groups is 1. The Bertz CT molecular complexity index is 775. The zero-order valence-electron chi connectivity index (χ0n) is 16.0. The van der Waals surface area contributed by atoms with Gasteiger partial charge in [0.2, 0.25) is 5.91 Å². The maximum Gasteiger partial charge on any atom is 0.219 e. The zero-order chi connectivity index (χ0) is 18.1. The second kappa shape index (κ2) is 7.39. The molecule has 2 aliphatic heterocycles. The smallest absolute Gasteiger partial charge is 0.219 e. The number of aromatic nitrogens is 2. The molecule has 2 saturated heterocycles.